The second kappa shape index (κ2) is 6.89. The smallest absolute Gasteiger partial charge is 0.410 e. The second-order valence-corrected chi connectivity index (χ2v) is 6.61. The van der Waals surface area contributed by atoms with Gasteiger partial charge in [0.15, 0.2) is 0 Å². The Hall–Kier alpha value is -2.24. The van der Waals surface area contributed by atoms with Gasteiger partial charge < -0.3 is 19.5 Å². The van der Waals surface area contributed by atoms with E-state index >= 15 is 0 Å². The molecule has 0 spiro atoms. The fourth-order valence-corrected chi connectivity index (χ4v) is 2.46. The first-order chi connectivity index (χ1) is 10.8. The van der Waals surface area contributed by atoms with Crippen molar-refractivity contribution in [2.75, 3.05) is 13.2 Å². The lowest BCUT2D eigenvalue weighted by atomic mass is 10.2. The number of carboxylic acid groups (broad SMARTS) is 1. The van der Waals surface area contributed by atoms with E-state index in [0.29, 0.717) is 18.9 Å². The molecular weight excluding hydrogens is 298 g/mol. The van der Waals surface area contributed by atoms with Gasteiger partial charge in [-0.15, -0.1) is 0 Å². The zero-order chi connectivity index (χ0) is 17.0. The predicted molar refractivity (Wildman–Crippen MR) is 84.9 cm³/mol. The highest BCUT2D eigenvalue weighted by Crippen LogP contribution is 2.22. The van der Waals surface area contributed by atoms with Crippen molar-refractivity contribution in [3.63, 3.8) is 0 Å². The van der Waals surface area contributed by atoms with Crippen molar-refractivity contribution >= 4 is 12.1 Å². The first kappa shape index (κ1) is 17.1. The Morgan fingerprint density at radius 1 is 1.26 bits per heavy atom. The first-order valence-corrected chi connectivity index (χ1v) is 7.72. The van der Waals surface area contributed by atoms with Crippen LogP contribution in [-0.4, -0.2) is 46.9 Å². The molecule has 0 saturated carbocycles. The van der Waals surface area contributed by atoms with Crippen molar-refractivity contribution in [1.82, 2.24) is 4.90 Å². The number of ether oxygens (including phenoxy) is 2. The topological polar surface area (TPSA) is 76.1 Å². The molecule has 0 unspecified atom stereocenters. The molecule has 1 heterocycles. The molecule has 1 aliphatic rings. The number of benzene rings is 1. The average molecular weight is 321 g/mol. The Kier molecular flexibility index (Phi) is 5.13. The molecular formula is C17H23NO5. The standard InChI is InChI=1S/C17H23NO5/c1-17(2,3)23-16(21)18-10-4-5-13(18)11-22-14-8-6-12(7-9-14)15(19)20/h6-9,13H,4-5,10-11H2,1-3H3,(H,19,20)/t13-/m0/s1. The summed E-state index contributed by atoms with van der Waals surface area (Å²) in [6, 6.07) is 6.21. The van der Waals surface area contributed by atoms with E-state index in [1.807, 2.05) is 20.8 Å². The van der Waals surface area contributed by atoms with Crippen molar-refractivity contribution in [2.24, 2.45) is 0 Å². The second-order valence-electron chi connectivity index (χ2n) is 6.61. The Balaban J connectivity index is 1.91. The lowest BCUT2D eigenvalue weighted by molar-refractivity contribution is 0.0187. The van der Waals surface area contributed by atoms with E-state index in [1.165, 1.54) is 12.1 Å². The summed E-state index contributed by atoms with van der Waals surface area (Å²) in [5.74, 6) is -0.380. The molecule has 0 radical (unpaired) electrons. The van der Waals surface area contributed by atoms with Crippen LogP contribution in [0.25, 0.3) is 0 Å². The molecule has 0 bridgehead atoms. The van der Waals surface area contributed by atoms with E-state index in [9.17, 15) is 9.59 Å². The van der Waals surface area contributed by atoms with Crippen LogP contribution in [0.5, 0.6) is 5.75 Å². The van der Waals surface area contributed by atoms with Gasteiger partial charge >= 0.3 is 12.1 Å². The van der Waals surface area contributed by atoms with E-state index in [2.05, 4.69) is 0 Å². The number of aromatic carboxylic acids is 1. The summed E-state index contributed by atoms with van der Waals surface area (Å²) in [4.78, 5) is 24.7. The number of amides is 1. The molecule has 1 saturated heterocycles. The molecule has 0 aromatic heterocycles. The SMILES string of the molecule is CC(C)(C)OC(=O)N1CCC[C@H]1COc1ccc(C(=O)O)cc1. The third-order valence-corrected chi connectivity index (χ3v) is 3.55. The lowest BCUT2D eigenvalue weighted by Gasteiger charge is -2.28. The summed E-state index contributed by atoms with van der Waals surface area (Å²) < 4.78 is 11.1. The van der Waals surface area contributed by atoms with Crippen molar-refractivity contribution in [1.29, 1.82) is 0 Å². The zero-order valence-corrected chi connectivity index (χ0v) is 13.7. The number of rotatable bonds is 4. The van der Waals surface area contributed by atoms with Gasteiger partial charge in [0.1, 0.15) is 18.0 Å². The summed E-state index contributed by atoms with van der Waals surface area (Å²) in [6.45, 7) is 6.57. The van der Waals surface area contributed by atoms with Gasteiger partial charge in [-0.1, -0.05) is 0 Å². The van der Waals surface area contributed by atoms with Crippen molar-refractivity contribution in [2.45, 2.75) is 45.3 Å². The minimum Gasteiger partial charge on any atom is -0.491 e. The highest BCUT2D eigenvalue weighted by molar-refractivity contribution is 5.87. The molecule has 1 aliphatic heterocycles. The van der Waals surface area contributed by atoms with Crippen LogP contribution in [0.1, 0.15) is 44.0 Å². The van der Waals surface area contributed by atoms with E-state index in [1.54, 1.807) is 17.0 Å². The number of hydrogen-bond acceptors (Lipinski definition) is 4. The van der Waals surface area contributed by atoms with Crippen LogP contribution in [0, 0.1) is 0 Å². The molecule has 1 amide bonds. The van der Waals surface area contributed by atoms with Gasteiger partial charge in [-0.2, -0.15) is 0 Å². The molecule has 1 aromatic rings. The molecule has 6 heteroatoms. The van der Waals surface area contributed by atoms with Gasteiger partial charge in [-0.05, 0) is 57.9 Å². The normalized spacial score (nSPS) is 17.9. The number of hydrogen-bond donors (Lipinski definition) is 1. The number of carbonyl (C=O) groups excluding carboxylic acids is 1. The molecule has 1 fully saturated rings. The highest BCUT2D eigenvalue weighted by Gasteiger charge is 2.32. The minimum absolute atomic E-state index is 0.0241. The maximum absolute atomic E-state index is 12.2. The minimum atomic E-state index is -0.969. The van der Waals surface area contributed by atoms with Crippen molar-refractivity contribution in [3.8, 4) is 5.75 Å². The molecule has 126 valence electrons. The fraction of sp³-hybridized carbons (Fsp3) is 0.529. The van der Waals surface area contributed by atoms with E-state index in [0.717, 1.165) is 12.8 Å². The quantitative estimate of drug-likeness (QED) is 0.922. The fourth-order valence-electron chi connectivity index (χ4n) is 2.46. The molecule has 0 aliphatic carbocycles. The molecule has 1 atom stereocenters. The molecule has 1 aromatic carbocycles. The monoisotopic (exact) mass is 321 g/mol. The third kappa shape index (κ3) is 4.87. The average Bonchev–Trinajstić information content (AvgIpc) is 2.92. The van der Waals surface area contributed by atoms with Crippen LogP contribution >= 0.6 is 0 Å². The van der Waals surface area contributed by atoms with Gasteiger partial charge in [-0.25, -0.2) is 9.59 Å². The van der Waals surface area contributed by atoms with Crippen LogP contribution in [0.2, 0.25) is 0 Å². The van der Waals surface area contributed by atoms with E-state index in [4.69, 9.17) is 14.6 Å². The Labute approximate surface area is 136 Å². The van der Waals surface area contributed by atoms with Crippen LogP contribution in [0.3, 0.4) is 0 Å². The Morgan fingerprint density at radius 2 is 1.91 bits per heavy atom. The van der Waals surface area contributed by atoms with Gasteiger partial charge in [0.05, 0.1) is 11.6 Å². The zero-order valence-electron chi connectivity index (χ0n) is 13.7. The van der Waals surface area contributed by atoms with Crippen molar-refractivity contribution < 1.29 is 24.2 Å². The summed E-state index contributed by atoms with van der Waals surface area (Å²) in [6.07, 6.45) is 1.47. The van der Waals surface area contributed by atoms with Crippen LogP contribution < -0.4 is 4.74 Å². The Bertz CT molecular complexity index is 561. The summed E-state index contributed by atoms with van der Waals surface area (Å²) >= 11 is 0. The van der Waals surface area contributed by atoms with Gasteiger partial charge in [-0.3, -0.25) is 0 Å². The Morgan fingerprint density at radius 3 is 2.48 bits per heavy atom. The number of carbonyl (C=O) groups is 2. The first-order valence-electron chi connectivity index (χ1n) is 7.72. The molecule has 1 N–H and O–H groups in total. The molecule has 23 heavy (non-hydrogen) atoms. The van der Waals surface area contributed by atoms with E-state index in [-0.39, 0.29) is 17.7 Å². The number of likely N-dealkylation sites (tertiary alicyclic amines) is 1. The van der Waals surface area contributed by atoms with Crippen LogP contribution in [-0.2, 0) is 4.74 Å². The van der Waals surface area contributed by atoms with Crippen LogP contribution in [0.15, 0.2) is 24.3 Å². The molecule has 2 rings (SSSR count). The van der Waals surface area contributed by atoms with E-state index < -0.39 is 11.6 Å². The largest absolute Gasteiger partial charge is 0.491 e. The number of nitrogens with zero attached hydrogens (tertiary/aromatic N) is 1. The highest BCUT2D eigenvalue weighted by atomic mass is 16.6. The summed E-state index contributed by atoms with van der Waals surface area (Å²) in [5.41, 5.74) is -0.300. The van der Waals surface area contributed by atoms with Gasteiger partial charge in [0, 0.05) is 6.54 Å². The van der Waals surface area contributed by atoms with Gasteiger partial charge in [0.2, 0.25) is 0 Å². The third-order valence-electron chi connectivity index (χ3n) is 3.55. The maximum Gasteiger partial charge on any atom is 0.410 e. The van der Waals surface area contributed by atoms with Gasteiger partial charge in [0.25, 0.3) is 0 Å². The van der Waals surface area contributed by atoms with Crippen LogP contribution in [0.4, 0.5) is 4.79 Å². The predicted octanol–water partition coefficient (Wildman–Crippen LogP) is 3.16. The summed E-state index contributed by atoms with van der Waals surface area (Å²) in [5, 5.41) is 8.87. The lowest BCUT2D eigenvalue weighted by Crippen LogP contribution is -2.42. The maximum atomic E-state index is 12.2. The van der Waals surface area contributed by atoms with Crippen molar-refractivity contribution in [3.05, 3.63) is 29.8 Å². The number of carboxylic acids is 1. The molecule has 6 nitrogen and oxygen atoms in total. The summed E-state index contributed by atoms with van der Waals surface area (Å²) in [7, 11) is 0.